The van der Waals surface area contributed by atoms with Crippen LogP contribution < -0.4 is 61.6 Å². The van der Waals surface area contributed by atoms with Crippen molar-refractivity contribution in [2.24, 2.45) is 0 Å². The van der Waals surface area contributed by atoms with Crippen LogP contribution in [0, 0.1) is 0 Å². The SMILES string of the molecule is C[N+]1=C(C=CC2=CC(=CC=C3N(CCCCCC(=O)NCCN4C(=O)C=CC4=O)c4ccc(S(=O)(=O)[O-])cc4C3(C)C)CCC2)C(C)(C)c2cc(S(=O)(=O)O)ccc21.[K+]. The summed E-state index contributed by atoms with van der Waals surface area (Å²) in [5.74, 6) is -0.938. The first-order valence-corrected chi connectivity index (χ1v) is 22.3. The molecule has 0 radical (unpaired) electrons. The van der Waals surface area contributed by atoms with Gasteiger partial charge in [-0.2, -0.15) is 13.0 Å². The van der Waals surface area contributed by atoms with Crippen LogP contribution in [0.5, 0.6) is 0 Å². The van der Waals surface area contributed by atoms with Crippen molar-refractivity contribution >= 4 is 55.0 Å². The molecule has 2 aromatic carbocycles. The zero-order valence-corrected chi connectivity index (χ0v) is 39.2. The Morgan fingerprint density at radius 3 is 2.22 bits per heavy atom. The second-order valence-corrected chi connectivity index (χ2v) is 19.0. The van der Waals surface area contributed by atoms with Crippen molar-refractivity contribution in [3.8, 4) is 0 Å². The number of fused-ring (bicyclic) bond motifs is 2. The van der Waals surface area contributed by atoms with Gasteiger partial charge in [0.2, 0.25) is 11.6 Å². The minimum Gasteiger partial charge on any atom is -0.744 e. The zero-order chi connectivity index (χ0) is 42.2. The van der Waals surface area contributed by atoms with Gasteiger partial charge in [-0.05, 0) is 99.1 Å². The molecular weight excluding hydrogens is 820 g/mol. The Balaban J connectivity index is 0.00000661. The number of anilines is 1. The molecule has 2 N–H and O–H groups in total. The first-order valence-electron chi connectivity index (χ1n) is 19.4. The van der Waals surface area contributed by atoms with Crippen LogP contribution in [-0.2, 0) is 45.4 Å². The summed E-state index contributed by atoms with van der Waals surface area (Å²) in [6.45, 7) is 8.98. The van der Waals surface area contributed by atoms with Gasteiger partial charge in [-0.3, -0.25) is 23.8 Å². The van der Waals surface area contributed by atoms with E-state index in [4.69, 9.17) is 0 Å². The van der Waals surface area contributed by atoms with Crippen LogP contribution in [0.2, 0.25) is 0 Å². The summed E-state index contributed by atoms with van der Waals surface area (Å²) in [5.41, 5.74) is 6.32. The Morgan fingerprint density at radius 1 is 0.864 bits per heavy atom. The van der Waals surface area contributed by atoms with Crippen molar-refractivity contribution in [3.05, 3.63) is 107 Å². The van der Waals surface area contributed by atoms with E-state index >= 15 is 0 Å². The predicted octanol–water partition coefficient (Wildman–Crippen LogP) is 2.72. The van der Waals surface area contributed by atoms with Gasteiger partial charge in [0.15, 0.2) is 5.71 Å². The number of carbonyl (C=O) groups is 3. The summed E-state index contributed by atoms with van der Waals surface area (Å²) in [6.07, 6.45) is 18.0. The van der Waals surface area contributed by atoms with E-state index in [1.165, 1.54) is 36.4 Å². The zero-order valence-electron chi connectivity index (χ0n) is 34.4. The second-order valence-electron chi connectivity index (χ2n) is 16.2. The van der Waals surface area contributed by atoms with Crippen LogP contribution >= 0.6 is 0 Å². The largest absolute Gasteiger partial charge is 1.00 e. The smallest absolute Gasteiger partial charge is 0.744 e. The third-order valence-electron chi connectivity index (χ3n) is 11.5. The van der Waals surface area contributed by atoms with Crippen molar-refractivity contribution < 1.29 is 96.3 Å². The van der Waals surface area contributed by atoms with Gasteiger partial charge in [-0.15, -0.1) is 0 Å². The van der Waals surface area contributed by atoms with E-state index in [9.17, 15) is 40.3 Å². The minimum atomic E-state index is -4.67. The fourth-order valence-corrected chi connectivity index (χ4v) is 9.32. The molecule has 0 saturated carbocycles. The molecule has 0 atom stereocenters. The van der Waals surface area contributed by atoms with Gasteiger partial charge in [-0.1, -0.05) is 38.5 Å². The molecule has 308 valence electrons. The Bertz CT molecular complexity index is 2460. The molecule has 59 heavy (non-hydrogen) atoms. The first kappa shape index (κ1) is 46.7. The molecule has 0 aromatic heterocycles. The molecule has 13 nitrogen and oxygen atoms in total. The normalized spacial score (nSPS) is 19.8. The van der Waals surface area contributed by atoms with E-state index in [1.807, 2.05) is 39.3 Å². The average molecular weight is 870 g/mol. The number of unbranched alkanes of at least 4 members (excludes halogenated alkanes) is 2. The van der Waals surface area contributed by atoms with E-state index in [0.29, 0.717) is 19.4 Å². The van der Waals surface area contributed by atoms with Crippen LogP contribution in [0.3, 0.4) is 0 Å². The molecule has 3 heterocycles. The van der Waals surface area contributed by atoms with Gasteiger partial charge in [0, 0.05) is 72.7 Å². The third kappa shape index (κ3) is 10.2. The van der Waals surface area contributed by atoms with Crippen LogP contribution in [0.15, 0.2) is 106 Å². The van der Waals surface area contributed by atoms with Gasteiger partial charge in [0.05, 0.1) is 15.2 Å². The summed E-state index contributed by atoms with van der Waals surface area (Å²) >= 11 is 0. The number of hydrogen-bond donors (Lipinski definition) is 2. The molecule has 16 heteroatoms. The molecule has 3 aliphatic heterocycles. The van der Waals surface area contributed by atoms with Crippen LogP contribution in [-0.4, -0.2) is 85.5 Å². The summed E-state index contributed by atoms with van der Waals surface area (Å²) in [4.78, 5) is 38.7. The number of allylic oxidation sites excluding steroid dienone is 8. The number of rotatable bonds is 14. The van der Waals surface area contributed by atoms with E-state index in [2.05, 4.69) is 40.6 Å². The van der Waals surface area contributed by atoms with Crippen molar-refractivity contribution in [1.82, 2.24) is 10.2 Å². The van der Waals surface area contributed by atoms with Gasteiger partial charge in [0.25, 0.3) is 21.9 Å². The molecule has 2 aromatic rings. The van der Waals surface area contributed by atoms with Gasteiger partial charge in [0.1, 0.15) is 17.2 Å². The van der Waals surface area contributed by atoms with E-state index < -0.39 is 31.1 Å². The molecule has 0 spiro atoms. The Hall–Kier alpha value is -3.32. The number of carbonyl (C=O) groups excluding carboxylic acids is 3. The Morgan fingerprint density at radius 2 is 1.54 bits per heavy atom. The van der Waals surface area contributed by atoms with Crippen molar-refractivity contribution in [3.63, 3.8) is 0 Å². The summed E-state index contributed by atoms with van der Waals surface area (Å²) < 4.78 is 71.5. The molecule has 0 fully saturated rings. The van der Waals surface area contributed by atoms with Gasteiger partial charge >= 0.3 is 51.4 Å². The standard InChI is InChI=1S/C43H50N4O9S2.K/c1-42(2)33-27-31(57(51,52)53)15-17-35(33)45(5)37(42)19-13-29-10-9-11-30(26-29)14-20-38-43(3,4)34-28-32(58(54,55)56)16-18-36(34)46(38)24-8-6-7-12-39(48)44-23-25-47-40(49)21-22-41(47)50;/h13-22,26-28H,6-12,23-25H2,1-5H3,(H2-,44,48,51,52,53,54,55,56);/q;+1. The first-order chi connectivity index (χ1) is 27.2. The summed E-state index contributed by atoms with van der Waals surface area (Å²) in [6, 6.07) is 9.19. The van der Waals surface area contributed by atoms with Crippen LogP contribution in [0.1, 0.15) is 83.8 Å². The Kier molecular flexibility index (Phi) is 14.5. The molecule has 0 unspecified atom stereocenters. The van der Waals surface area contributed by atoms with E-state index in [0.717, 1.165) is 82.1 Å². The van der Waals surface area contributed by atoms with Crippen molar-refractivity contribution in [1.29, 1.82) is 0 Å². The molecule has 6 rings (SSSR count). The number of nitrogens with zero attached hydrogens (tertiary/aromatic N) is 3. The number of benzene rings is 2. The number of hydrogen-bond acceptors (Lipinski definition) is 9. The molecule has 3 amide bonds. The van der Waals surface area contributed by atoms with Gasteiger partial charge < -0.3 is 14.8 Å². The quantitative estimate of drug-likeness (QED) is 0.0942. The number of imide groups is 1. The second kappa shape index (κ2) is 18.3. The van der Waals surface area contributed by atoms with Crippen molar-refractivity contribution in [2.45, 2.75) is 93.3 Å². The summed E-state index contributed by atoms with van der Waals surface area (Å²) in [7, 11) is -7.07. The molecular formula is C43H50KN4O9S2+. The average Bonchev–Trinajstić information content (AvgIpc) is 3.66. The summed E-state index contributed by atoms with van der Waals surface area (Å²) in [5, 5.41) is 2.77. The van der Waals surface area contributed by atoms with Gasteiger partial charge in [-0.25, -0.2) is 8.42 Å². The number of nitrogens with one attached hydrogen (secondary N) is 1. The maximum atomic E-state index is 12.5. The predicted molar refractivity (Wildman–Crippen MR) is 219 cm³/mol. The molecule has 1 aliphatic carbocycles. The van der Waals surface area contributed by atoms with E-state index in [1.54, 1.807) is 12.1 Å². The monoisotopic (exact) mass is 869 g/mol. The fraction of sp³-hybridized carbons (Fsp3) is 0.395. The minimum absolute atomic E-state index is 0. The maximum absolute atomic E-state index is 12.5. The third-order valence-corrected chi connectivity index (χ3v) is 13.2. The van der Waals surface area contributed by atoms with Crippen LogP contribution in [0.4, 0.5) is 11.4 Å². The number of amides is 3. The molecule has 4 aliphatic rings. The van der Waals surface area contributed by atoms with E-state index in [-0.39, 0.29) is 92.0 Å². The van der Waals surface area contributed by atoms with Crippen LogP contribution in [0.25, 0.3) is 0 Å². The topological polar surface area (TPSA) is 184 Å². The maximum Gasteiger partial charge on any atom is 1.00 e. The molecule has 0 saturated heterocycles. The Labute approximate surface area is 389 Å². The molecule has 0 bridgehead atoms. The van der Waals surface area contributed by atoms with Crippen molar-refractivity contribution in [2.75, 3.05) is 31.6 Å². The fourth-order valence-electron chi connectivity index (χ4n) is 8.32.